The van der Waals surface area contributed by atoms with E-state index in [9.17, 15) is 9.59 Å². The zero-order chi connectivity index (χ0) is 17.1. The number of aromatic nitrogens is 3. The molecule has 7 heteroatoms. The first-order chi connectivity index (χ1) is 11.5. The second kappa shape index (κ2) is 6.98. The van der Waals surface area contributed by atoms with Crippen molar-refractivity contribution in [2.24, 2.45) is 7.05 Å². The third-order valence-corrected chi connectivity index (χ3v) is 4.39. The van der Waals surface area contributed by atoms with E-state index in [-0.39, 0.29) is 24.2 Å². The molecule has 1 aliphatic rings. The molecule has 0 atom stereocenters. The molecule has 2 aromatic rings. The van der Waals surface area contributed by atoms with E-state index in [0.717, 1.165) is 12.8 Å². The molecule has 0 aromatic carbocycles. The highest BCUT2D eigenvalue weighted by atomic mass is 16.5. The molecule has 3 rings (SSSR count). The summed E-state index contributed by atoms with van der Waals surface area (Å²) in [6.07, 6.45) is 7.49. The molecule has 1 aliphatic carbocycles. The number of nitrogens with zero attached hydrogens (tertiary/aromatic N) is 3. The fraction of sp³-hybridized carbons (Fsp3) is 0.529. The Kier molecular flexibility index (Phi) is 4.78. The van der Waals surface area contributed by atoms with Gasteiger partial charge < -0.3 is 14.4 Å². The second-order valence-corrected chi connectivity index (χ2v) is 6.38. The van der Waals surface area contributed by atoms with Gasteiger partial charge in [-0.15, -0.1) is 0 Å². The smallest absolute Gasteiger partial charge is 0.274 e. The van der Waals surface area contributed by atoms with Gasteiger partial charge >= 0.3 is 0 Å². The number of hydrogen-bond donors (Lipinski definition) is 1. The lowest BCUT2D eigenvalue weighted by atomic mass is 9.95. The van der Waals surface area contributed by atoms with Crippen LogP contribution in [-0.2, 0) is 18.3 Å². The van der Waals surface area contributed by atoms with E-state index < -0.39 is 0 Å². The molecule has 1 N–H and O–H groups in total. The van der Waals surface area contributed by atoms with E-state index >= 15 is 0 Å². The molecule has 24 heavy (non-hydrogen) atoms. The summed E-state index contributed by atoms with van der Waals surface area (Å²) in [4.78, 5) is 27.8. The molecule has 0 bridgehead atoms. The van der Waals surface area contributed by atoms with Crippen LogP contribution in [0.5, 0.6) is 0 Å². The molecule has 0 aliphatic heterocycles. The van der Waals surface area contributed by atoms with Crippen LogP contribution in [0.15, 0.2) is 16.8 Å². The number of hydrogen-bond acceptors (Lipinski definition) is 5. The summed E-state index contributed by atoms with van der Waals surface area (Å²) in [6.45, 7) is 1.51. The summed E-state index contributed by atoms with van der Waals surface area (Å²) >= 11 is 0. The largest absolute Gasteiger partial charge is 0.353 e. The zero-order valence-electron chi connectivity index (χ0n) is 14.0. The SMILES string of the molecule is CC(=O)c1cc(-c2nc(CC(=O)NC3CCCCC3)no2)n(C)c1. The van der Waals surface area contributed by atoms with Crippen LogP contribution in [0.1, 0.15) is 55.2 Å². The number of rotatable bonds is 5. The van der Waals surface area contributed by atoms with Crippen molar-refractivity contribution in [3.8, 4) is 11.6 Å². The summed E-state index contributed by atoms with van der Waals surface area (Å²) in [5.74, 6) is 0.559. The van der Waals surface area contributed by atoms with Gasteiger partial charge in [0.2, 0.25) is 5.91 Å². The molecule has 1 saturated carbocycles. The molecule has 1 amide bonds. The Labute approximate surface area is 140 Å². The number of Topliss-reactive ketones (excluding diaryl/α,β-unsaturated/α-hetero) is 1. The van der Waals surface area contributed by atoms with Gasteiger partial charge in [-0.3, -0.25) is 9.59 Å². The van der Waals surface area contributed by atoms with Crippen molar-refractivity contribution < 1.29 is 14.1 Å². The standard InChI is InChI=1S/C17H22N4O3/c1-11(22)12-8-14(21(2)10-12)17-19-15(20-24-17)9-16(23)18-13-6-4-3-5-7-13/h8,10,13H,3-7,9H2,1-2H3,(H,18,23). The molecule has 1 fully saturated rings. The zero-order valence-corrected chi connectivity index (χ0v) is 14.0. The van der Waals surface area contributed by atoms with Crippen molar-refractivity contribution >= 4 is 11.7 Å². The maximum absolute atomic E-state index is 12.1. The molecule has 0 radical (unpaired) electrons. The number of carbonyl (C=O) groups excluding carboxylic acids is 2. The summed E-state index contributed by atoms with van der Waals surface area (Å²) in [5, 5.41) is 6.91. The Bertz CT molecular complexity index is 741. The highest BCUT2D eigenvalue weighted by Gasteiger charge is 2.19. The Morgan fingerprint density at radius 3 is 2.75 bits per heavy atom. The lowest BCUT2D eigenvalue weighted by Crippen LogP contribution is -2.37. The number of aryl methyl sites for hydroxylation is 1. The van der Waals surface area contributed by atoms with Gasteiger partial charge in [-0.25, -0.2) is 0 Å². The lowest BCUT2D eigenvalue weighted by Gasteiger charge is -2.22. The minimum atomic E-state index is -0.0782. The van der Waals surface area contributed by atoms with Crippen LogP contribution in [0.4, 0.5) is 0 Å². The fourth-order valence-electron chi connectivity index (χ4n) is 3.07. The second-order valence-electron chi connectivity index (χ2n) is 6.38. The van der Waals surface area contributed by atoms with Gasteiger partial charge in [0, 0.05) is 24.8 Å². The monoisotopic (exact) mass is 330 g/mol. The maximum atomic E-state index is 12.1. The molecule has 128 valence electrons. The van der Waals surface area contributed by atoms with E-state index in [2.05, 4.69) is 15.5 Å². The van der Waals surface area contributed by atoms with Gasteiger partial charge in [-0.05, 0) is 25.8 Å². The summed E-state index contributed by atoms with van der Waals surface area (Å²) in [5.41, 5.74) is 1.24. The number of ketones is 1. The topological polar surface area (TPSA) is 90.0 Å². The quantitative estimate of drug-likeness (QED) is 0.849. The molecule has 0 spiro atoms. The van der Waals surface area contributed by atoms with Crippen molar-refractivity contribution in [3.63, 3.8) is 0 Å². The van der Waals surface area contributed by atoms with Crippen LogP contribution in [0.2, 0.25) is 0 Å². The summed E-state index contributed by atoms with van der Waals surface area (Å²) in [7, 11) is 1.81. The molecule has 2 aromatic heterocycles. The summed E-state index contributed by atoms with van der Waals surface area (Å²) < 4.78 is 7.00. The van der Waals surface area contributed by atoms with Gasteiger partial charge in [-0.1, -0.05) is 24.4 Å². The van der Waals surface area contributed by atoms with E-state index in [1.54, 1.807) is 23.9 Å². The molecule has 7 nitrogen and oxygen atoms in total. The fourth-order valence-corrected chi connectivity index (χ4v) is 3.07. The van der Waals surface area contributed by atoms with Gasteiger partial charge in [0.05, 0.1) is 6.42 Å². The van der Waals surface area contributed by atoms with E-state index in [4.69, 9.17) is 4.52 Å². The van der Waals surface area contributed by atoms with Gasteiger partial charge in [0.25, 0.3) is 5.89 Å². The third kappa shape index (κ3) is 3.72. The van der Waals surface area contributed by atoms with Gasteiger partial charge in [-0.2, -0.15) is 4.98 Å². The average molecular weight is 330 g/mol. The predicted octanol–water partition coefficient (Wildman–Crippen LogP) is 2.27. The normalized spacial score (nSPS) is 15.4. The molecular weight excluding hydrogens is 308 g/mol. The van der Waals surface area contributed by atoms with E-state index in [0.29, 0.717) is 23.0 Å². The van der Waals surface area contributed by atoms with Crippen LogP contribution >= 0.6 is 0 Å². The molecule has 2 heterocycles. The van der Waals surface area contributed by atoms with Crippen LogP contribution in [0, 0.1) is 0 Å². The first kappa shape index (κ1) is 16.4. The third-order valence-electron chi connectivity index (χ3n) is 4.39. The summed E-state index contributed by atoms with van der Waals surface area (Å²) in [6, 6.07) is 1.98. The van der Waals surface area contributed by atoms with Gasteiger partial charge in [0.15, 0.2) is 11.6 Å². The molecule has 0 unspecified atom stereocenters. The van der Waals surface area contributed by atoms with Crippen molar-refractivity contribution in [3.05, 3.63) is 23.7 Å². The highest BCUT2D eigenvalue weighted by molar-refractivity contribution is 5.95. The number of nitrogens with one attached hydrogen (secondary N) is 1. The Morgan fingerprint density at radius 2 is 2.08 bits per heavy atom. The highest BCUT2D eigenvalue weighted by Crippen LogP contribution is 2.21. The van der Waals surface area contributed by atoms with E-state index in [1.165, 1.54) is 26.2 Å². The van der Waals surface area contributed by atoms with Crippen molar-refractivity contribution in [1.29, 1.82) is 0 Å². The average Bonchev–Trinajstić information content (AvgIpc) is 3.14. The van der Waals surface area contributed by atoms with Crippen molar-refractivity contribution in [1.82, 2.24) is 20.0 Å². The first-order valence-electron chi connectivity index (χ1n) is 8.32. The van der Waals surface area contributed by atoms with Crippen LogP contribution < -0.4 is 5.32 Å². The van der Waals surface area contributed by atoms with Crippen molar-refractivity contribution in [2.75, 3.05) is 0 Å². The lowest BCUT2D eigenvalue weighted by molar-refractivity contribution is -0.121. The predicted molar refractivity (Wildman–Crippen MR) is 87.4 cm³/mol. The maximum Gasteiger partial charge on any atom is 0.274 e. The minimum absolute atomic E-state index is 0.0246. The first-order valence-corrected chi connectivity index (χ1v) is 8.32. The Balaban J connectivity index is 1.65. The Morgan fingerprint density at radius 1 is 1.33 bits per heavy atom. The molecular formula is C17H22N4O3. The Hall–Kier alpha value is -2.44. The molecule has 0 saturated heterocycles. The number of amides is 1. The van der Waals surface area contributed by atoms with Crippen LogP contribution in [0.3, 0.4) is 0 Å². The van der Waals surface area contributed by atoms with Gasteiger partial charge in [0.1, 0.15) is 5.69 Å². The minimum Gasteiger partial charge on any atom is -0.353 e. The van der Waals surface area contributed by atoms with E-state index in [1.807, 2.05) is 0 Å². The van der Waals surface area contributed by atoms with Crippen LogP contribution in [-0.4, -0.2) is 32.4 Å². The van der Waals surface area contributed by atoms with Crippen molar-refractivity contribution in [2.45, 2.75) is 51.5 Å². The number of carbonyl (C=O) groups is 2. The van der Waals surface area contributed by atoms with Crippen LogP contribution in [0.25, 0.3) is 11.6 Å².